The molecule has 2 aromatic heterocycles. The van der Waals surface area contributed by atoms with E-state index < -0.39 is 17.1 Å². The second kappa shape index (κ2) is 11.3. The molecule has 0 saturated carbocycles. The van der Waals surface area contributed by atoms with Gasteiger partial charge in [0.2, 0.25) is 0 Å². The number of para-hydroxylation sites is 1. The first-order valence-electron chi connectivity index (χ1n) is 13.3. The van der Waals surface area contributed by atoms with Crippen molar-refractivity contribution in [1.29, 1.82) is 5.26 Å². The summed E-state index contributed by atoms with van der Waals surface area (Å²) in [7, 11) is 0. The minimum atomic E-state index is -0.719. The quantitative estimate of drug-likeness (QED) is 0.248. The van der Waals surface area contributed by atoms with Crippen LogP contribution in [0, 0.1) is 22.6 Å². The fraction of sp³-hybridized carbons (Fsp3) is 0.300. The van der Waals surface area contributed by atoms with Gasteiger partial charge in [-0.1, -0.05) is 38.1 Å². The summed E-state index contributed by atoms with van der Waals surface area (Å²) >= 11 is 0. The first-order valence-corrected chi connectivity index (χ1v) is 13.3. The standard InChI is InChI=1S/C30H30FN7O3/c1-30(2,17-39)14-19(15-32)29(40)37-12-6-7-20(16-37)38-28-25(27(33)34-18-35-28)26(36-38)23-11-10-22(13-24(23)31)41-21-8-4-3-5-9-21/h3-5,8-11,13-14,18,20,39H,6-7,12,16-17H2,1-2H3,(H2,33,34,35)/b19-14-/t20-/m0/s1. The number of aliphatic hydroxyl groups is 1. The number of ether oxygens (including phenoxy) is 1. The maximum atomic E-state index is 15.5. The molecule has 0 aliphatic carbocycles. The van der Waals surface area contributed by atoms with Gasteiger partial charge in [-0.3, -0.25) is 4.79 Å². The number of halogens is 1. The van der Waals surface area contributed by atoms with Crippen molar-refractivity contribution in [2.45, 2.75) is 32.7 Å². The molecule has 1 saturated heterocycles. The monoisotopic (exact) mass is 555 g/mol. The zero-order valence-electron chi connectivity index (χ0n) is 22.8. The van der Waals surface area contributed by atoms with Crippen LogP contribution in [-0.4, -0.2) is 55.4 Å². The van der Waals surface area contributed by atoms with Gasteiger partial charge in [-0.2, -0.15) is 10.4 Å². The summed E-state index contributed by atoms with van der Waals surface area (Å²) in [5.41, 5.74) is 6.42. The lowest BCUT2D eigenvalue weighted by Gasteiger charge is -2.33. The molecule has 0 unspecified atom stereocenters. The number of fused-ring (bicyclic) bond motifs is 1. The molecule has 1 amide bonds. The zero-order chi connectivity index (χ0) is 29.1. The Hall–Kier alpha value is -4.82. The fourth-order valence-electron chi connectivity index (χ4n) is 4.90. The molecule has 5 rings (SSSR count). The number of rotatable bonds is 7. The SMILES string of the molecule is CC(C)(/C=C(/C#N)C(=O)N1CCC[C@H](n2nc(-c3ccc(Oc4ccccc4)cc3F)c3c(N)ncnc32)C1)CO. The number of nitrogen functional groups attached to an aromatic ring is 1. The van der Waals surface area contributed by atoms with E-state index in [0.29, 0.717) is 41.9 Å². The predicted octanol–water partition coefficient (Wildman–Crippen LogP) is 4.64. The van der Waals surface area contributed by atoms with Crippen molar-refractivity contribution in [3.05, 3.63) is 72.3 Å². The number of carbonyl (C=O) groups is 1. The Morgan fingerprint density at radius 3 is 2.73 bits per heavy atom. The molecule has 1 fully saturated rings. The molecule has 3 N–H and O–H groups in total. The van der Waals surface area contributed by atoms with Crippen LogP contribution in [0.15, 0.2) is 66.5 Å². The van der Waals surface area contributed by atoms with E-state index >= 15 is 4.39 Å². The molecule has 0 spiro atoms. The first-order chi connectivity index (χ1) is 19.7. The topological polar surface area (TPSA) is 143 Å². The second-order valence-corrected chi connectivity index (χ2v) is 10.7. The van der Waals surface area contributed by atoms with Crippen LogP contribution in [0.4, 0.5) is 10.2 Å². The lowest BCUT2D eigenvalue weighted by atomic mass is 9.91. The number of hydrogen-bond donors (Lipinski definition) is 2. The third-order valence-corrected chi connectivity index (χ3v) is 7.02. The van der Waals surface area contributed by atoms with E-state index in [2.05, 4.69) is 9.97 Å². The van der Waals surface area contributed by atoms with Gasteiger partial charge in [0, 0.05) is 30.1 Å². The summed E-state index contributed by atoms with van der Waals surface area (Å²) in [6, 6.07) is 15.3. The lowest BCUT2D eigenvalue weighted by molar-refractivity contribution is -0.128. The van der Waals surface area contributed by atoms with E-state index in [1.54, 1.807) is 47.7 Å². The molecular weight excluding hydrogens is 525 g/mol. The van der Waals surface area contributed by atoms with Gasteiger partial charge < -0.3 is 20.5 Å². The van der Waals surface area contributed by atoms with E-state index in [1.165, 1.54) is 18.5 Å². The van der Waals surface area contributed by atoms with Crippen molar-refractivity contribution < 1.29 is 19.0 Å². The number of aromatic nitrogens is 4. The molecule has 11 heteroatoms. The Kier molecular flexibility index (Phi) is 7.68. The largest absolute Gasteiger partial charge is 0.457 e. The number of hydrogen-bond acceptors (Lipinski definition) is 8. The number of carbonyl (C=O) groups excluding carboxylic acids is 1. The van der Waals surface area contributed by atoms with Crippen molar-refractivity contribution in [2.75, 3.05) is 25.4 Å². The van der Waals surface area contributed by atoms with E-state index in [-0.39, 0.29) is 41.8 Å². The van der Waals surface area contributed by atoms with Crippen LogP contribution in [0.5, 0.6) is 11.5 Å². The summed E-state index contributed by atoms with van der Waals surface area (Å²) in [5, 5.41) is 24.4. The molecule has 4 aromatic rings. The van der Waals surface area contributed by atoms with Crippen LogP contribution in [0.2, 0.25) is 0 Å². The van der Waals surface area contributed by atoms with Gasteiger partial charge in [0.25, 0.3) is 5.91 Å². The van der Waals surface area contributed by atoms with Crippen molar-refractivity contribution in [1.82, 2.24) is 24.6 Å². The molecule has 10 nitrogen and oxygen atoms in total. The van der Waals surface area contributed by atoms with Crippen molar-refractivity contribution >= 4 is 22.8 Å². The van der Waals surface area contributed by atoms with Gasteiger partial charge in [-0.15, -0.1) is 0 Å². The summed E-state index contributed by atoms with van der Waals surface area (Å²) in [4.78, 5) is 23.4. The number of amides is 1. The zero-order valence-corrected chi connectivity index (χ0v) is 22.8. The van der Waals surface area contributed by atoms with E-state index in [0.717, 1.165) is 0 Å². The summed E-state index contributed by atoms with van der Waals surface area (Å²) < 4.78 is 22.9. The molecular formula is C30H30FN7O3. The van der Waals surface area contributed by atoms with Gasteiger partial charge >= 0.3 is 0 Å². The van der Waals surface area contributed by atoms with Crippen molar-refractivity contribution in [3.8, 4) is 28.8 Å². The van der Waals surface area contributed by atoms with Gasteiger partial charge in [0.05, 0.1) is 18.0 Å². The van der Waals surface area contributed by atoms with Crippen LogP contribution >= 0.6 is 0 Å². The average Bonchev–Trinajstić information content (AvgIpc) is 3.37. The maximum Gasteiger partial charge on any atom is 0.264 e. The number of aliphatic hydroxyl groups excluding tert-OH is 1. The third kappa shape index (κ3) is 5.73. The number of anilines is 1. The highest BCUT2D eigenvalue weighted by atomic mass is 19.1. The molecule has 0 bridgehead atoms. The number of piperidine rings is 1. The second-order valence-electron chi connectivity index (χ2n) is 10.7. The molecule has 210 valence electrons. The summed E-state index contributed by atoms with van der Waals surface area (Å²) in [6.45, 7) is 4.03. The number of nitrogens with zero attached hydrogens (tertiary/aromatic N) is 6. The number of nitriles is 1. The lowest BCUT2D eigenvalue weighted by Crippen LogP contribution is -2.41. The fourth-order valence-corrected chi connectivity index (χ4v) is 4.90. The normalized spacial score (nSPS) is 16.0. The first kappa shape index (κ1) is 27.7. The van der Waals surface area contributed by atoms with Gasteiger partial charge in [0.1, 0.15) is 46.8 Å². The number of nitrogens with two attached hydrogens (primary N) is 1. The molecule has 3 heterocycles. The van der Waals surface area contributed by atoms with Gasteiger partial charge in [-0.05, 0) is 37.1 Å². The van der Waals surface area contributed by atoms with Crippen LogP contribution in [0.25, 0.3) is 22.3 Å². The molecule has 1 atom stereocenters. The van der Waals surface area contributed by atoms with Crippen LogP contribution in [0.1, 0.15) is 32.7 Å². The van der Waals surface area contributed by atoms with Crippen LogP contribution < -0.4 is 10.5 Å². The molecule has 0 radical (unpaired) electrons. The van der Waals surface area contributed by atoms with Crippen molar-refractivity contribution in [3.63, 3.8) is 0 Å². The number of benzene rings is 2. The molecule has 1 aliphatic heterocycles. The van der Waals surface area contributed by atoms with Gasteiger partial charge in [-0.25, -0.2) is 19.0 Å². The minimum Gasteiger partial charge on any atom is -0.457 e. The maximum absolute atomic E-state index is 15.5. The van der Waals surface area contributed by atoms with Gasteiger partial charge in [0.15, 0.2) is 5.65 Å². The molecule has 2 aromatic carbocycles. The number of likely N-dealkylation sites (tertiary alicyclic amines) is 1. The average molecular weight is 556 g/mol. The molecule has 1 aliphatic rings. The highest BCUT2D eigenvalue weighted by Gasteiger charge is 2.31. The van der Waals surface area contributed by atoms with E-state index in [1.807, 2.05) is 24.3 Å². The van der Waals surface area contributed by atoms with Crippen LogP contribution in [-0.2, 0) is 4.79 Å². The Bertz CT molecular complexity index is 1660. The highest BCUT2D eigenvalue weighted by molar-refractivity contribution is 5.99. The van der Waals surface area contributed by atoms with E-state index in [9.17, 15) is 15.2 Å². The Morgan fingerprint density at radius 2 is 2.02 bits per heavy atom. The smallest absolute Gasteiger partial charge is 0.264 e. The third-order valence-electron chi connectivity index (χ3n) is 7.02. The van der Waals surface area contributed by atoms with Crippen LogP contribution in [0.3, 0.4) is 0 Å². The highest BCUT2D eigenvalue weighted by Crippen LogP contribution is 2.36. The Labute approximate surface area is 236 Å². The summed E-state index contributed by atoms with van der Waals surface area (Å²) in [6.07, 6.45) is 4.17. The Balaban J connectivity index is 1.48. The van der Waals surface area contributed by atoms with Crippen molar-refractivity contribution in [2.24, 2.45) is 5.41 Å². The molecule has 41 heavy (non-hydrogen) atoms. The minimum absolute atomic E-state index is 0.0258. The summed E-state index contributed by atoms with van der Waals surface area (Å²) in [5.74, 6) is 0.105. The predicted molar refractivity (Wildman–Crippen MR) is 151 cm³/mol. The van der Waals surface area contributed by atoms with E-state index in [4.69, 9.17) is 15.6 Å². The Morgan fingerprint density at radius 1 is 1.24 bits per heavy atom.